The zero-order valence-electron chi connectivity index (χ0n) is 14.5. The Hall–Kier alpha value is -2.77. The lowest BCUT2D eigenvalue weighted by Crippen LogP contribution is -2.21. The summed E-state index contributed by atoms with van der Waals surface area (Å²) in [6, 6.07) is 7.94. The number of hydrogen-bond donors (Lipinski definition) is 3. The molecular formula is C19H14Cl2N2O5. The fourth-order valence-electron chi connectivity index (χ4n) is 3.57. The first kappa shape index (κ1) is 18.6. The van der Waals surface area contributed by atoms with Crippen molar-refractivity contribution < 1.29 is 24.2 Å². The van der Waals surface area contributed by atoms with Gasteiger partial charge in [0.1, 0.15) is 5.75 Å². The van der Waals surface area contributed by atoms with E-state index in [1.54, 1.807) is 18.2 Å². The van der Waals surface area contributed by atoms with Gasteiger partial charge in [-0.25, -0.2) is 4.79 Å². The molecule has 1 fully saturated rings. The van der Waals surface area contributed by atoms with Gasteiger partial charge < -0.3 is 20.5 Å². The van der Waals surface area contributed by atoms with Crippen molar-refractivity contribution in [1.82, 2.24) is 0 Å². The average Bonchev–Trinajstić information content (AvgIpc) is 3.23. The van der Waals surface area contributed by atoms with Crippen molar-refractivity contribution in [1.29, 1.82) is 0 Å². The summed E-state index contributed by atoms with van der Waals surface area (Å²) in [4.78, 5) is 34.2. The average molecular weight is 421 g/mol. The number of nitrogens with one attached hydrogen (secondary N) is 2. The van der Waals surface area contributed by atoms with E-state index in [2.05, 4.69) is 10.6 Å². The lowest BCUT2D eigenvalue weighted by atomic mass is 9.95. The molecule has 9 heteroatoms. The van der Waals surface area contributed by atoms with Gasteiger partial charge >= 0.3 is 11.9 Å². The second-order valence-corrected chi connectivity index (χ2v) is 7.68. The van der Waals surface area contributed by atoms with Gasteiger partial charge in [0.2, 0.25) is 5.91 Å². The van der Waals surface area contributed by atoms with E-state index in [-0.39, 0.29) is 33.3 Å². The van der Waals surface area contributed by atoms with Crippen LogP contribution in [0.25, 0.3) is 0 Å². The highest BCUT2D eigenvalue weighted by molar-refractivity contribution is 6.39. The maximum Gasteiger partial charge on any atom is 0.394 e. The number of carboxylic acids is 1. The molecule has 0 saturated heterocycles. The van der Waals surface area contributed by atoms with E-state index in [1.807, 2.05) is 6.92 Å². The summed E-state index contributed by atoms with van der Waals surface area (Å²) in [5, 5.41) is 13.9. The first-order valence-corrected chi connectivity index (χ1v) is 9.15. The van der Waals surface area contributed by atoms with Crippen molar-refractivity contribution in [3.63, 3.8) is 0 Å². The van der Waals surface area contributed by atoms with Gasteiger partial charge in [-0.3, -0.25) is 9.59 Å². The molecule has 0 radical (unpaired) electrons. The molecule has 1 heterocycles. The molecule has 1 spiro atoms. The van der Waals surface area contributed by atoms with Crippen LogP contribution >= 0.6 is 23.2 Å². The highest BCUT2D eigenvalue weighted by Gasteiger charge is 2.62. The number of benzene rings is 2. The highest BCUT2D eigenvalue weighted by Crippen LogP contribution is 2.60. The Kier molecular flexibility index (Phi) is 4.24. The number of amides is 2. The third-order valence-corrected chi connectivity index (χ3v) is 5.67. The van der Waals surface area contributed by atoms with Crippen LogP contribution in [-0.4, -0.2) is 22.9 Å². The molecule has 4 rings (SSSR count). The number of ether oxygens (including phenoxy) is 1. The van der Waals surface area contributed by atoms with Crippen molar-refractivity contribution in [2.24, 2.45) is 5.92 Å². The topological polar surface area (TPSA) is 105 Å². The number of anilines is 2. The number of hydrogen-bond acceptors (Lipinski definition) is 4. The summed E-state index contributed by atoms with van der Waals surface area (Å²) >= 11 is 12.4. The van der Waals surface area contributed by atoms with E-state index < -0.39 is 17.3 Å². The molecule has 1 aliphatic heterocycles. The predicted octanol–water partition coefficient (Wildman–Crippen LogP) is 4.04. The van der Waals surface area contributed by atoms with Gasteiger partial charge in [0, 0.05) is 11.4 Å². The van der Waals surface area contributed by atoms with Gasteiger partial charge in [0.15, 0.2) is 5.75 Å². The second-order valence-electron chi connectivity index (χ2n) is 6.87. The summed E-state index contributed by atoms with van der Waals surface area (Å²) in [7, 11) is 0. The molecule has 3 N–H and O–H groups in total. The summed E-state index contributed by atoms with van der Waals surface area (Å²) in [5.41, 5.74) is 1.29. The normalized spacial score (nSPS) is 21.8. The zero-order chi connectivity index (χ0) is 20.2. The Morgan fingerprint density at radius 3 is 2.46 bits per heavy atom. The first-order valence-electron chi connectivity index (χ1n) is 8.39. The molecule has 2 aromatic rings. The van der Waals surface area contributed by atoms with Gasteiger partial charge in [-0.2, -0.15) is 0 Å². The van der Waals surface area contributed by atoms with E-state index in [0.717, 1.165) is 17.7 Å². The van der Waals surface area contributed by atoms with Crippen LogP contribution in [0.1, 0.15) is 18.9 Å². The number of rotatable bonds is 3. The SMILES string of the molecule is CC1CC12C(=O)Nc1ccc(Oc3c(Cl)cc(NC(=O)C(=O)O)cc3Cl)cc12. The molecule has 2 aliphatic rings. The standard InChI is InChI=1S/C19H14Cl2N2O5/c1-8-7-19(8)11-6-10(2-3-14(11)23-18(19)27)28-15-12(20)4-9(5-13(15)21)22-16(24)17(25)26/h2-6,8H,7H2,1H3,(H,22,24)(H,23,27)(H,25,26). The Morgan fingerprint density at radius 1 is 1.25 bits per heavy atom. The molecule has 0 bridgehead atoms. The van der Waals surface area contributed by atoms with Crippen LogP contribution in [0, 0.1) is 5.92 Å². The summed E-state index contributed by atoms with van der Waals surface area (Å²) in [5.74, 6) is -1.96. The van der Waals surface area contributed by atoms with Gasteiger partial charge in [-0.15, -0.1) is 0 Å². The van der Waals surface area contributed by atoms with E-state index in [4.69, 9.17) is 33.0 Å². The van der Waals surface area contributed by atoms with Crippen molar-refractivity contribution >= 4 is 52.4 Å². The van der Waals surface area contributed by atoms with E-state index in [0.29, 0.717) is 5.75 Å². The van der Waals surface area contributed by atoms with Crippen molar-refractivity contribution in [2.45, 2.75) is 18.8 Å². The highest BCUT2D eigenvalue weighted by atomic mass is 35.5. The quantitative estimate of drug-likeness (QED) is 0.649. The fraction of sp³-hybridized carbons (Fsp3) is 0.211. The van der Waals surface area contributed by atoms with Crippen LogP contribution in [0.4, 0.5) is 11.4 Å². The van der Waals surface area contributed by atoms with E-state index >= 15 is 0 Å². The van der Waals surface area contributed by atoms with Gasteiger partial charge in [0.25, 0.3) is 0 Å². The minimum atomic E-state index is -1.63. The van der Waals surface area contributed by atoms with Crippen molar-refractivity contribution in [3.05, 3.63) is 45.9 Å². The molecule has 144 valence electrons. The monoisotopic (exact) mass is 420 g/mol. The van der Waals surface area contributed by atoms with Crippen LogP contribution in [0.15, 0.2) is 30.3 Å². The Bertz CT molecular complexity index is 1030. The molecular weight excluding hydrogens is 407 g/mol. The summed E-state index contributed by atoms with van der Waals surface area (Å²) in [6.45, 7) is 2.03. The number of aliphatic carboxylic acids is 1. The molecule has 2 unspecified atom stereocenters. The van der Waals surface area contributed by atoms with Crippen molar-refractivity contribution in [3.8, 4) is 11.5 Å². The second kappa shape index (κ2) is 6.39. The van der Waals surface area contributed by atoms with Crippen molar-refractivity contribution in [2.75, 3.05) is 10.6 Å². The number of halogens is 2. The maximum absolute atomic E-state index is 12.3. The lowest BCUT2D eigenvalue weighted by Gasteiger charge is -2.13. The molecule has 7 nitrogen and oxygen atoms in total. The third-order valence-electron chi connectivity index (χ3n) is 5.10. The van der Waals surface area contributed by atoms with Crippen LogP contribution in [-0.2, 0) is 19.8 Å². The number of carbonyl (C=O) groups is 3. The van der Waals surface area contributed by atoms with Gasteiger partial charge in [-0.1, -0.05) is 30.1 Å². The number of fused-ring (bicyclic) bond motifs is 2. The van der Waals surface area contributed by atoms with Gasteiger partial charge in [-0.05, 0) is 48.2 Å². The van der Waals surface area contributed by atoms with Crippen LogP contribution in [0.2, 0.25) is 10.0 Å². The summed E-state index contributed by atoms with van der Waals surface area (Å²) in [6.07, 6.45) is 0.786. The summed E-state index contributed by atoms with van der Waals surface area (Å²) < 4.78 is 5.83. The van der Waals surface area contributed by atoms with Crippen LogP contribution in [0.5, 0.6) is 11.5 Å². The van der Waals surface area contributed by atoms with Gasteiger partial charge in [0.05, 0.1) is 15.5 Å². The predicted molar refractivity (Wildman–Crippen MR) is 103 cm³/mol. The Morgan fingerprint density at radius 2 is 1.89 bits per heavy atom. The lowest BCUT2D eigenvalue weighted by molar-refractivity contribution is -0.147. The molecule has 1 aliphatic carbocycles. The molecule has 1 saturated carbocycles. The molecule has 0 aromatic heterocycles. The minimum absolute atomic E-state index is 0.00161. The smallest absolute Gasteiger partial charge is 0.394 e. The molecule has 2 amide bonds. The number of carbonyl (C=O) groups excluding carboxylic acids is 2. The third kappa shape index (κ3) is 2.87. The van der Waals surface area contributed by atoms with Crippen LogP contribution < -0.4 is 15.4 Å². The Labute approximate surface area is 169 Å². The molecule has 2 aromatic carbocycles. The maximum atomic E-state index is 12.3. The fourth-order valence-corrected chi connectivity index (χ4v) is 4.13. The molecule has 2 atom stereocenters. The number of carboxylic acid groups (broad SMARTS) is 1. The minimum Gasteiger partial charge on any atom is -0.474 e. The first-order chi connectivity index (χ1) is 13.2. The largest absolute Gasteiger partial charge is 0.474 e. The van der Waals surface area contributed by atoms with E-state index in [1.165, 1.54) is 12.1 Å². The zero-order valence-corrected chi connectivity index (χ0v) is 16.0. The Balaban J connectivity index is 1.62. The van der Waals surface area contributed by atoms with Crippen LogP contribution in [0.3, 0.4) is 0 Å². The van der Waals surface area contributed by atoms with E-state index in [9.17, 15) is 14.4 Å². The molecule has 28 heavy (non-hydrogen) atoms.